The van der Waals surface area contributed by atoms with E-state index in [4.69, 9.17) is 9.47 Å². The number of H-pyrrole nitrogens is 1. The number of fused-ring (bicyclic) bond motifs is 2. The summed E-state index contributed by atoms with van der Waals surface area (Å²) in [7, 11) is 3.09. The Kier molecular flexibility index (Phi) is 4.50. The molecular weight excluding hydrogens is 356 g/mol. The molecule has 0 aliphatic rings. The number of nitrogens with zero attached hydrogens (tertiary/aromatic N) is 3. The van der Waals surface area contributed by atoms with Gasteiger partial charge in [0.05, 0.1) is 30.8 Å². The number of pyridine rings is 1. The van der Waals surface area contributed by atoms with E-state index in [1.165, 1.54) is 18.2 Å². The summed E-state index contributed by atoms with van der Waals surface area (Å²) in [6.45, 7) is 4.23. The highest BCUT2D eigenvalue weighted by molar-refractivity contribution is 5.81. The van der Waals surface area contributed by atoms with Gasteiger partial charge in [-0.15, -0.1) is 0 Å². The third-order valence-corrected chi connectivity index (χ3v) is 4.94. The van der Waals surface area contributed by atoms with Gasteiger partial charge in [0, 0.05) is 24.9 Å². The van der Waals surface area contributed by atoms with Crippen LogP contribution in [0.3, 0.4) is 0 Å². The van der Waals surface area contributed by atoms with E-state index >= 15 is 0 Å². The van der Waals surface area contributed by atoms with Crippen molar-refractivity contribution in [3.8, 4) is 11.5 Å². The average Bonchev–Trinajstić information content (AvgIpc) is 3.07. The second-order valence-corrected chi connectivity index (χ2v) is 6.75. The summed E-state index contributed by atoms with van der Waals surface area (Å²) in [5.74, 6) is 1.59. The largest absolute Gasteiger partial charge is 0.493 e. The predicted octanol–water partition coefficient (Wildman–Crippen LogP) is 3.05. The molecule has 0 amide bonds. The van der Waals surface area contributed by atoms with Crippen molar-refractivity contribution in [1.29, 1.82) is 0 Å². The Balaban J connectivity index is 1.75. The van der Waals surface area contributed by atoms with Crippen molar-refractivity contribution in [2.75, 3.05) is 14.2 Å². The Morgan fingerprint density at radius 3 is 2.54 bits per heavy atom. The topological polar surface area (TPSA) is 81.5 Å². The van der Waals surface area contributed by atoms with Crippen LogP contribution in [0.2, 0.25) is 0 Å². The minimum atomic E-state index is -0.214. The van der Waals surface area contributed by atoms with Crippen molar-refractivity contribution >= 4 is 16.6 Å². The average molecular weight is 378 g/mol. The lowest BCUT2D eigenvalue weighted by Gasteiger charge is -2.09. The molecule has 0 radical (unpaired) electrons. The lowest BCUT2D eigenvalue weighted by molar-refractivity contribution is 0.355. The van der Waals surface area contributed by atoms with Crippen molar-refractivity contribution in [2.24, 2.45) is 0 Å². The fraction of sp³-hybridized carbons (Fsp3) is 0.286. The van der Waals surface area contributed by atoms with Gasteiger partial charge in [0.2, 0.25) is 0 Å². The van der Waals surface area contributed by atoms with Crippen LogP contribution in [0.25, 0.3) is 16.6 Å². The molecule has 0 bridgehead atoms. The first-order valence-electron chi connectivity index (χ1n) is 9.14. The molecule has 0 aliphatic heterocycles. The highest BCUT2D eigenvalue weighted by atomic mass is 16.5. The van der Waals surface area contributed by atoms with Crippen molar-refractivity contribution in [1.82, 2.24) is 19.4 Å². The summed E-state index contributed by atoms with van der Waals surface area (Å²) >= 11 is 0. The van der Waals surface area contributed by atoms with Crippen LogP contribution in [-0.4, -0.2) is 33.6 Å². The Morgan fingerprint density at radius 2 is 1.82 bits per heavy atom. The minimum Gasteiger partial charge on any atom is -0.493 e. The number of aromatic amines is 1. The lowest BCUT2D eigenvalue weighted by Crippen LogP contribution is -2.12. The van der Waals surface area contributed by atoms with Crippen molar-refractivity contribution < 1.29 is 9.47 Å². The second-order valence-electron chi connectivity index (χ2n) is 6.75. The second kappa shape index (κ2) is 6.99. The lowest BCUT2D eigenvalue weighted by atomic mass is 10.1. The van der Waals surface area contributed by atoms with E-state index in [1.54, 1.807) is 19.2 Å². The van der Waals surface area contributed by atoms with E-state index in [9.17, 15) is 4.79 Å². The van der Waals surface area contributed by atoms with Crippen molar-refractivity contribution in [3.05, 3.63) is 63.6 Å². The van der Waals surface area contributed by atoms with Gasteiger partial charge in [-0.3, -0.25) is 4.79 Å². The minimum absolute atomic E-state index is 0.214. The molecule has 4 rings (SSSR count). The molecule has 0 unspecified atom stereocenters. The van der Waals surface area contributed by atoms with E-state index in [-0.39, 0.29) is 5.56 Å². The van der Waals surface area contributed by atoms with E-state index in [0.29, 0.717) is 34.6 Å². The molecule has 0 saturated heterocycles. The highest BCUT2D eigenvalue weighted by Gasteiger charge is 2.12. The Bertz CT molecular complexity index is 1240. The maximum absolute atomic E-state index is 12.5. The molecule has 1 N–H and O–H groups in total. The SMILES string of the molecule is CCc1cc2nc(Cc3nc4cc(OC)c(OC)cc4c(=O)[nH]3)cn2cc1C. The van der Waals surface area contributed by atoms with Crippen LogP contribution >= 0.6 is 0 Å². The normalized spacial score (nSPS) is 11.3. The first-order chi connectivity index (χ1) is 13.5. The van der Waals surface area contributed by atoms with Gasteiger partial charge in [-0.05, 0) is 36.6 Å². The summed E-state index contributed by atoms with van der Waals surface area (Å²) in [5, 5.41) is 0.458. The smallest absolute Gasteiger partial charge is 0.258 e. The predicted molar refractivity (Wildman–Crippen MR) is 108 cm³/mol. The van der Waals surface area contributed by atoms with Crippen LogP contribution in [0.4, 0.5) is 0 Å². The molecular formula is C21H22N4O3. The number of aryl methyl sites for hydroxylation is 2. The Labute approximate surface area is 162 Å². The number of ether oxygens (including phenoxy) is 2. The Morgan fingerprint density at radius 1 is 1.07 bits per heavy atom. The van der Waals surface area contributed by atoms with Gasteiger partial charge in [0.1, 0.15) is 11.5 Å². The molecule has 28 heavy (non-hydrogen) atoms. The van der Waals surface area contributed by atoms with E-state index in [2.05, 4.69) is 41.1 Å². The molecule has 7 heteroatoms. The number of methoxy groups -OCH3 is 2. The van der Waals surface area contributed by atoms with Crippen LogP contribution in [0.15, 0.2) is 35.4 Å². The molecule has 0 spiro atoms. The highest BCUT2D eigenvalue weighted by Crippen LogP contribution is 2.30. The fourth-order valence-electron chi connectivity index (χ4n) is 3.47. The number of aromatic nitrogens is 4. The monoisotopic (exact) mass is 378 g/mol. The molecule has 0 atom stereocenters. The molecule has 3 aromatic heterocycles. The number of nitrogens with one attached hydrogen (secondary N) is 1. The third-order valence-electron chi connectivity index (χ3n) is 4.94. The number of rotatable bonds is 5. The Hall–Kier alpha value is -3.35. The first-order valence-corrected chi connectivity index (χ1v) is 9.14. The van der Waals surface area contributed by atoms with Crippen LogP contribution in [0.1, 0.15) is 29.6 Å². The molecule has 1 aromatic carbocycles. The van der Waals surface area contributed by atoms with Crippen LogP contribution in [-0.2, 0) is 12.8 Å². The van der Waals surface area contributed by atoms with Gasteiger partial charge in [-0.1, -0.05) is 6.92 Å². The first kappa shape index (κ1) is 18.0. The molecule has 0 saturated carbocycles. The molecule has 7 nitrogen and oxygen atoms in total. The molecule has 4 aromatic rings. The van der Waals surface area contributed by atoms with Gasteiger partial charge in [0.15, 0.2) is 11.5 Å². The number of hydrogen-bond acceptors (Lipinski definition) is 5. The van der Waals surface area contributed by atoms with Gasteiger partial charge in [-0.2, -0.15) is 0 Å². The number of benzene rings is 1. The summed E-state index contributed by atoms with van der Waals surface area (Å²) in [4.78, 5) is 24.7. The van der Waals surface area contributed by atoms with E-state index < -0.39 is 0 Å². The van der Waals surface area contributed by atoms with Crippen LogP contribution < -0.4 is 15.0 Å². The van der Waals surface area contributed by atoms with E-state index in [0.717, 1.165) is 17.8 Å². The molecule has 0 aliphatic carbocycles. The fourth-order valence-corrected chi connectivity index (χ4v) is 3.47. The zero-order valence-corrected chi connectivity index (χ0v) is 16.4. The summed E-state index contributed by atoms with van der Waals surface area (Å²) in [6, 6.07) is 5.46. The van der Waals surface area contributed by atoms with E-state index in [1.807, 2.05) is 10.6 Å². The zero-order chi connectivity index (χ0) is 19.8. The standard InChI is InChI=1S/C21H22N4O3/c1-5-13-6-20-22-14(11-25(20)10-12(13)2)7-19-23-16-9-18(28-4)17(27-3)8-15(16)21(26)24-19/h6,8-11H,5,7H2,1-4H3,(H,23,24,26). The zero-order valence-electron chi connectivity index (χ0n) is 16.4. The van der Waals surface area contributed by atoms with Crippen LogP contribution in [0, 0.1) is 6.92 Å². The summed E-state index contributed by atoms with van der Waals surface area (Å²) in [5.41, 5.74) is 4.60. The van der Waals surface area contributed by atoms with Crippen molar-refractivity contribution in [3.63, 3.8) is 0 Å². The molecule has 144 valence electrons. The quantitative estimate of drug-likeness (QED) is 0.577. The molecule has 0 fully saturated rings. The van der Waals surface area contributed by atoms with Gasteiger partial charge in [0.25, 0.3) is 5.56 Å². The van der Waals surface area contributed by atoms with Crippen LogP contribution in [0.5, 0.6) is 11.5 Å². The number of imidazole rings is 1. The summed E-state index contributed by atoms with van der Waals surface area (Å²) in [6.07, 6.45) is 5.45. The third kappa shape index (κ3) is 3.09. The van der Waals surface area contributed by atoms with Crippen molar-refractivity contribution in [2.45, 2.75) is 26.7 Å². The summed E-state index contributed by atoms with van der Waals surface area (Å²) < 4.78 is 12.6. The van der Waals surface area contributed by atoms with Gasteiger partial charge < -0.3 is 18.9 Å². The number of hydrogen-bond donors (Lipinski definition) is 1. The maximum atomic E-state index is 12.5. The van der Waals surface area contributed by atoms with Gasteiger partial charge in [-0.25, -0.2) is 9.97 Å². The maximum Gasteiger partial charge on any atom is 0.258 e. The van der Waals surface area contributed by atoms with Gasteiger partial charge >= 0.3 is 0 Å². The molecule has 3 heterocycles.